The van der Waals surface area contributed by atoms with Crippen molar-refractivity contribution in [3.05, 3.63) is 29.8 Å². The fourth-order valence-corrected chi connectivity index (χ4v) is 1.22. The molecule has 1 rings (SSSR count). The molecule has 0 fully saturated rings. The molecule has 1 heteroatoms. The molecule has 1 aromatic rings. The average molecular weight is 187 g/mol. The van der Waals surface area contributed by atoms with Gasteiger partial charge in [0.25, 0.3) is 0 Å². The number of rotatable bonds is 3. The molecule has 0 amide bonds. The van der Waals surface area contributed by atoms with Gasteiger partial charge in [-0.25, -0.2) is 0 Å². The zero-order valence-electron chi connectivity index (χ0n) is 9.09. The van der Waals surface area contributed by atoms with Gasteiger partial charge < -0.3 is 5.32 Å². The second kappa shape index (κ2) is 5.34. The molecule has 0 saturated heterocycles. The van der Waals surface area contributed by atoms with Gasteiger partial charge in [-0.15, -0.1) is 5.92 Å². The van der Waals surface area contributed by atoms with Gasteiger partial charge in [-0.3, -0.25) is 0 Å². The van der Waals surface area contributed by atoms with E-state index in [2.05, 4.69) is 55.3 Å². The number of nitrogens with one attached hydrogen (secondary N) is 1. The van der Waals surface area contributed by atoms with Crippen LogP contribution in [0.1, 0.15) is 32.3 Å². The summed E-state index contributed by atoms with van der Waals surface area (Å²) in [5, 5.41) is 3.24. The van der Waals surface area contributed by atoms with Crippen LogP contribution in [0.4, 0.5) is 5.69 Å². The van der Waals surface area contributed by atoms with Crippen LogP contribution in [-0.4, -0.2) is 6.54 Å². The van der Waals surface area contributed by atoms with Crippen LogP contribution in [0.5, 0.6) is 0 Å². The predicted octanol–water partition coefficient (Wildman–Crippen LogP) is 3.25. The van der Waals surface area contributed by atoms with Crippen LogP contribution in [-0.2, 0) is 0 Å². The highest BCUT2D eigenvalue weighted by Crippen LogP contribution is 2.16. The van der Waals surface area contributed by atoms with Crippen molar-refractivity contribution in [2.24, 2.45) is 0 Å². The van der Waals surface area contributed by atoms with Gasteiger partial charge in [-0.05, 0) is 30.5 Å². The molecule has 0 heterocycles. The molecule has 0 bridgehead atoms. The van der Waals surface area contributed by atoms with Gasteiger partial charge in [0, 0.05) is 5.69 Å². The highest BCUT2D eigenvalue weighted by molar-refractivity contribution is 5.45. The van der Waals surface area contributed by atoms with Crippen LogP contribution in [0.2, 0.25) is 0 Å². The molecule has 0 atom stereocenters. The maximum atomic E-state index is 3.24. The molecular formula is C13H17N. The largest absolute Gasteiger partial charge is 0.374 e. The smallest absolute Gasteiger partial charge is 0.0765 e. The summed E-state index contributed by atoms with van der Waals surface area (Å²) in [6.45, 7) is 6.97. The number of hydrogen-bond donors (Lipinski definition) is 1. The van der Waals surface area contributed by atoms with Crippen LogP contribution < -0.4 is 5.32 Å². The van der Waals surface area contributed by atoms with Gasteiger partial charge in [0.05, 0.1) is 6.54 Å². The molecule has 14 heavy (non-hydrogen) atoms. The molecule has 0 aromatic heterocycles. The van der Waals surface area contributed by atoms with Crippen molar-refractivity contribution in [1.82, 2.24) is 0 Å². The topological polar surface area (TPSA) is 12.0 Å². The summed E-state index contributed by atoms with van der Waals surface area (Å²) in [5.74, 6) is 6.42. The minimum absolute atomic E-state index is 0.597. The summed E-state index contributed by atoms with van der Waals surface area (Å²) >= 11 is 0. The maximum absolute atomic E-state index is 3.24. The lowest BCUT2D eigenvalue weighted by Crippen LogP contribution is -1.98. The Kier molecular flexibility index (Phi) is 4.07. The van der Waals surface area contributed by atoms with Crippen molar-refractivity contribution in [3.8, 4) is 11.8 Å². The average Bonchev–Trinajstić information content (AvgIpc) is 2.19. The van der Waals surface area contributed by atoms with Crippen molar-refractivity contribution < 1.29 is 0 Å². The molecule has 1 aromatic carbocycles. The van der Waals surface area contributed by atoms with E-state index < -0.39 is 0 Å². The minimum atomic E-state index is 0.597. The summed E-state index contributed by atoms with van der Waals surface area (Å²) in [6, 6.07) is 8.53. The van der Waals surface area contributed by atoms with Crippen molar-refractivity contribution in [1.29, 1.82) is 0 Å². The second-order valence-electron chi connectivity index (χ2n) is 3.56. The second-order valence-corrected chi connectivity index (χ2v) is 3.56. The zero-order valence-corrected chi connectivity index (χ0v) is 9.09. The first-order chi connectivity index (χ1) is 6.74. The van der Waals surface area contributed by atoms with E-state index in [0.29, 0.717) is 5.92 Å². The Morgan fingerprint density at radius 1 is 1.21 bits per heavy atom. The maximum Gasteiger partial charge on any atom is 0.0765 e. The molecule has 0 saturated carbocycles. The molecular weight excluding hydrogens is 170 g/mol. The van der Waals surface area contributed by atoms with Crippen molar-refractivity contribution in [2.75, 3.05) is 11.9 Å². The van der Waals surface area contributed by atoms with Gasteiger partial charge in [0.1, 0.15) is 0 Å². The van der Waals surface area contributed by atoms with Crippen LogP contribution in [0.25, 0.3) is 0 Å². The van der Waals surface area contributed by atoms with E-state index in [1.807, 2.05) is 6.92 Å². The zero-order chi connectivity index (χ0) is 10.4. The molecule has 0 radical (unpaired) electrons. The van der Waals surface area contributed by atoms with E-state index in [4.69, 9.17) is 0 Å². The third-order valence-corrected chi connectivity index (χ3v) is 2.14. The van der Waals surface area contributed by atoms with Gasteiger partial charge in [0.2, 0.25) is 0 Å². The van der Waals surface area contributed by atoms with Crippen LogP contribution in [0, 0.1) is 11.8 Å². The Labute approximate surface area is 86.5 Å². The Morgan fingerprint density at radius 3 is 2.36 bits per heavy atom. The molecule has 0 aliphatic carbocycles. The number of anilines is 1. The first-order valence-electron chi connectivity index (χ1n) is 4.97. The fraction of sp³-hybridized carbons (Fsp3) is 0.385. The summed E-state index contributed by atoms with van der Waals surface area (Å²) in [7, 11) is 0. The van der Waals surface area contributed by atoms with E-state index in [9.17, 15) is 0 Å². The summed E-state index contributed by atoms with van der Waals surface area (Å²) in [4.78, 5) is 0. The number of benzene rings is 1. The monoisotopic (exact) mass is 187 g/mol. The van der Waals surface area contributed by atoms with Crippen LogP contribution >= 0.6 is 0 Å². The van der Waals surface area contributed by atoms with Gasteiger partial charge >= 0.3 is 0 Å². The molecule has 1 nitrogen and oxygen atoms in total. The molecule has 0 spiro atoms. The van der Waals surface area contributed by atoms with Crippen LogP contribution in [0.15, 0.2) is 24.3 Å². The Balaban J connectivity index is 2.58. The standard InChI is InChI=1S/C13H17N/c1-4-5-10-14-13-8-6-12(7-9-13)11(2)3/h6-9,11,14H,10H2,1-3H3. The summed E-state index contributed by atoms with van der Waals surface area (Å²) < 4.78 is 0. The van der Waals surface area contributed by atoms with Gasteiger partial charge in [0.15, 0.2) is 0 Å². The summed E-state index contributed by atoms with van der Waals surface area (Å²) in [5.41, 5.74) is 2.51. The lowest BCUT2D eigenvalue weighted by molar-refractivity contribution is 0.867. The molecule has 1 N–H and O–H groups in total. The third kappa shape index (κ3) is 3.14. The van der Waals surface area contributed by atoms with E-state index >= 15 is 0 Å². The molecule has 0 aliphatic heterocycles. The van der Waals surface area contributed by atoms with Crippen LogP contribution in [0.3, 0.4) is 0 Å². The highest BCUT2D eigenvalue weighted by atomic mass is 14.8. The van der Waals surface area contributed by atoms with E-state index in [-0.39, 0.29) is 0 Å². The van der Waals surface area contributed by atoms with Crippen molar-refractivity contribution in [2.45, 2.75) is 26.7 Å². The van der Waals surface area contributed by atoms with E-state index in [1.54, 1.807) is 0 Å². The normalized spacial score (nSPS) is 9.43. The Morgan fingerprint density at radius 2 is 1.86 bits per heavy atom. The molecule has 74 valence electrons. The lowest BCUT2D eigenvalue weighted by atomic mass is 10.0. The van der Waals surface area contributed by atoms with E-state index in [0.717, 1.165) is 12.2 Å². The lowest BCUT2D eigenvalue weighted by Gasteiger charge is -2.07. The first-order valence-corrected chi connectivity index (χ1v) is 4.97. The van der Waals surface area contributed by atoms with E-state index in [1.165, 1.54) is 5.56 Å². The predicted molar refractivity (Wildman–Crippen MR) is 62.5 cm³/mol. The SMILES string of the molecule is CC#CCNc1ccc(C(C)C)cc1. The van der Waals surface area contributed by atoms with Gasteiger partial charge in [-0.2, -0.15) is 0 Å². The minimum Gasteiger partial charge on any atom is -0.374 e. The van der Waals surface area contributed by atoms with Crippen molar-refractivity contribution >= 4 is 5.69 Å². The van der Waals surface area contributed by atoms with Gasteiger partial charge in [-0.1, -0.05) is 31.9 Å². The van der Waals surface area contributed by atoms with Crippen molar-refractivity contribution in [3.63, 3.8) is 0 Å². The highest BCUT2D eigenvalue weighted by Gasteiger charge is 1.97. The fourth-order valence-electron chi connectivity index (χ4n) is 1.22. The quantitative estimate of drug-likeness (QED) is 0.716. The molecule has 0 aliphatic rings. The third-order valence-electron chi connectivity index (χ3n) is 2.14. The summed E-state index contributed by atoms with van der Waals surface area (Å²) in [6.07, 6.45) is 0. The first kappa shape index (κ1) is 10.7. The molecule has 0 unspecified atom stereocenters. The number of hydrogen-bond acceptors (Lipinski definition) is 1. The Hall–Kier alpha value is -1.42. The Bertz CT molecular complexity index is 324.